The SMILES string of the molecule is CCC1CN2CCc3cc(OC)c(OC)cc3C2CC1CC1NCCc2cc(OC)c(OC)cc21.CCC1CN2CCc3cc(OC)c(OC)cc3C2CC1CC1c2cc(OC)c(OC)cc2CCN1C(=O)OCc1ccc(N)cc1.CCC1CN2CCc3cc(OC)c(OC)cc3C2CC1CC1c2cc(OC)c(OC)cc2CCN1C(=O)OCc1ccc(NC(=O)N2CCC[C@H]2C(=O)C(=O)CNC)cc1. The largest absolute Gasteiger partial charge is 0.493 e. The summed E-state index contributed by atoms with van der Waals surface area (Å²) in [5, 5.41) is 9.40. The predicted molar refractivity (Wildman–Crippen MR) is 542 cm³/mol. The summed E-state index contributed by atoms with van der Waals surface area (Å²) < 4.78 is 80.1. The molecule has 4 fully saturated rings. The maximum atomic E-state index is 14.2. The predicted octanol–water partition coefficient (Wildman–Crippen LogP) is 17.9. The van der Waals surface area contributed by atoms with Crippen LogP contribution in [-0.4, -0.2) is 230 Å². The third-order valence-electron chi connectivity index (χ3n) is 32.1. The van der Waals surface area contributed by atoms with Crippen molar-refractivity contribution < 1.29 is 90.3 Å². The van der Waals surface area contributed by atoms with Crippen LogP contribution in [0.4, 0.5) is 25.8 Å². The number of anilines is 2. The average Bonchev–Trinajstić information content (AvgIpc) is 1.08. The highest BCUT2D eigenvalue weighted by molar-refractivity contribution is 6.40. The van der Waals surface area contributed by atoms with Crippen LogP contribution in [-0.2, 0) is 70.8 Å². The van der Waals surface area contributed by atoms with E-state index in [1.165, 1.54) is 74.4 Å². The van der Waals surface area contributed by atoms with E-state index >= 15 is 0 Å². The Kier molecular flexibility index (Phi) is 33.6. The van der Waals surface area contributed by atoms with Crippen LogP contribution in [0.25, 0.3) is 0 Å². The maximum Gasteiger partial charge on any atom is 0.410 e. The van der Waals surface area contributed by atoms with Gasteiger partial charge in [0, 0.05) is 94.4 Å². The minimum absolute atomic E-state index is 0.0471. The van der Waals surface area contributed by atoms with Crippen molar-refractivity contribution in [3.05, 3.63) is 199 Å². The first-order chi connectivity index (χ1) is 68.6. The summed E-state index contributed by atoms with van der Waals surface area (Å²) in [6, 6.07) is 39.9. The summed E-state index contributed by atoms with van der Waals surface area (Å²) in [7, 11) is 21.9. The molecule has 29 heteroatoms. The van der Waals surface area contributed by atoms with E-state index in [2.05, 4.69) is 112 Å². The number of urea groups is 1. The molecule has 12 unspecified atom stereocenters. The lowest BCUT2D eigenvalue weighted by molar-refractivity contribution is -0.138. The number of likely N-dealkylation sites (N-methyl/N-ethyl adjacent to an activating group) is 1. The molecule has 13 atom stereocenters. The Hall–Kier alpha value is -11.9. The highest BCUT2D eigenvalue weighted by atomic mass is 16.6. The smallest absolute Gasteiger partial charge is 0.410 e. The molecule has 8 aromatic carbocycles. The van der Waals surface area contributed by atoms with Gasteiger partial charge in [-0.25, -0.2) is 14.4 Å². The molecule has 29 nitrogen and oxygen atoms in total. The number of nitrogens with one attached hydrogen (secondary N) is 3. The summed E-state index contributed by atoms with van der Waals surface area (Å²) in [6.07, 6.45) is 15.1. The lowest BCUT2D eigenvalue weighted by atomic mass is 9.72. The van der Waals surface area contributed by atoms with E-state index < -0.39 is 23.6 Å². The van der Waals surface area contributed by atoms with Crippen molar-refractivity contribution in [2.45, 2.75) is 185 Å². The minimum atomic E-state index is -0.767. The van der Waals surface area contributed by atoms with Crippen LogP contribution >= 0.6 is 0 Å². The lowest BCUT2D eigenvalue weighted by Gasteiger charge is -2.49. The summed E-state index contributed by atoms with van der Waals surface area (Å²) in [5.41, 5.74) is 24.1. The van der Waals surface area contributed by atoms with Crippen molar-refractivity contribution in [1.82, 2.24) is 40.0 Å². The Morgan fingerprint density at radius 1 is 0.376 bits per heavy atom. The minimum Gasteiger partial charge on any atom is -0.493 e. The van der Waals surface area contributed by atoms with Crippen molar-refractivity contribution in [3.8, 4) is 69.0 Å². The monoisotopic (exact) mass is 1940 g/mol. The van der Waals surface area contributed by atoms with Crippen LogP contribution in [0.15, 0.2) is 121 Å². The number of nitrogens with two attached hydrogens (primary N) is 1. The first kappa shape index (κ1) is 102. The number of piperidine rings is 3. The van der Waals surface area contributed by atoms with Crippen LogP contribution in [0.3, 0.4) is 0 Å². The quantitative estimate of drug-likeness (QED) is 0.0240. The van der Waals surface area contributed by atoms with Crippen LogP contribution in [0.2, 0.25) is 0 Å². The Balaban J connectivity index is 0.000000158. The maximum absolute atomic E-state index is 14.2. The molecule has 141 heavy (non-hydrogen) atoms. The van der Waals surface area contributed by atoms with Crippen molar-refractivity contribution in [2.24, 2.45) is 35.5 Å². The van der Waals surface area contributed by atoms with Crippen molar-refractivity contribution in [2.75, 3.05) is 175 Å². The fourth-order valence-corrected chi connectivity index (χ4v) is 24.5. The number of fused-ring (bicyclic) bond motifs is 12. The zero-order valence-electron chi connectivity index (χ0n) is 85.3. The van der Waals surface area contributed by atoms with Gasteiger partial charge in [-0.1, -0.05) is 64.3 Å². The molecule has 18 rings (SSSR count). The molecule has 10 aliphatic rings. The normalized spacial score (nSPS) is 23.1. The first-order valence-electron chi connectivity index (χ1n) is 50.6. The van der Waals surface area contributed by atoms with Gasteiger partial charge in [0.1, 0.15) is 19.3 Å². The second-order valence-corrected chi connectivity index (χ2v) is 39.2. The van der Waals surface area contributed by atoms with Gasteiger partial charge in [0.05, 0.1) is 104 Å². The third kappa shape index (κ3) is 22.0. The molecule has 0 spiro atoms. The second-order valence-electron chi connectivity index (χ2n) is 39.2. The number of carbonyl (C=O) groups is 5. The Labute approximate surface area is 831 Å². The molecule has 10 aliphatic heterocycles. The number of amides is 4. The molecule has 0 aliphatic carbocycles. The van der Waals surface area contributed by atoms with Gasteiger partial charge in [0.15, 0.2) is 69.0 Å². The molecular weight excluding hydrogens is 1790 g/mol. The number of carbonyl (C=O) groups excluding carboxylic acids is 5. The zero-order chi connectivity index (χ0) is 99.4. The summed E-state index contributed by atoms with van der Waals surface area (Å²) in [5.74, 6) is 11.0. The molecule has 0 saturated carbocycles. The Bertz CT molecular complexity index is 5720. The molecule has 8 aromatic rings. The Morgan fingerprint density at radius 3 is 1.06 bits per heavy atom. The van der Waals surface area contributed by atoms with Crippen molar-refractivity contribution in [1.29, 1.82) is 0 Å². The van der Waals surface area contributed by atoms with E-state index in [1.54, 1.807) is 117 Å². The third-order valence-corrected chi connectivity index (χ3v) is 32.1. The van der Waals surface area contributed by atoms with E-state index in [-0.39, 0.29) is 56.1 Å². The standard InChI is InChI=1S/C46H59N5O9.C37H47N3O6.C29H40N2O4/c1-7-29-26-49-17-14-30-21-40(56-3)42(58-5)23-34(30)37(49)19-32(29)20-38-35-24-43(59-6)41(57-4)22-31(35)15-18-51(38)46(55)60-27-28-10-12-33(13-11-28)48-45(54)50-16-8-9-36(50)44(53)39(52)25-47-2;1-6-24-21-39-13-11-25-17-33(42-2)35(44-4)19-29(25)31(39)15-27(24)16-32-30-20-36(45-5)34(43-3)18-26(30)12-14-40(32)37(41)46-22-23-7-9-28(38)10-8-23;1-6-18-17-31-10-8-20-14-27(33-3)29(35-5)16-23(20)25(31)12-21(18)11-24-22-15-28(34-4)26(32-2)13-19(22)7-9-30-24/h10-13,21-24,29,32,36-38,47H,7-9,14-20,25-27H2,1-6H3,(H,48,54);7-10,17-20,24,27,31-32H,6,11-16,21-22,38H2,1-5H3;13-16,18,21,24-25,30H,6-12,17H2,1-5H3/t29?,32?,36-,37?,38?;;/m0../s1. The summed E-state index contributed by atoms with van der Waals surface area (Å²) in [4.78, 5) is 79.4. The number of hydrogen-bond acceptors (Lipinski definition) is 25. The fourth-order valence-electron chi connectivity index (χ4n) is 24.5. The molecule has 10 heterocycles. The molecule has 4 amide bonds. The average molecular weight is 1940 g/mol. The highest BCUT2D eigenvalue weighted by Crippen LogP contribution is 2.55. The number of methoxy groups -OCH3 is 12. The van der Waals surface area contributed by atoms with Crippen LogP contribution in [0.5, 0.6) is 69.0 Å². The number of Topliss-reactive ketones (excluding diaryl/α,β-unsaturated/α-hetero) is 2. The first-order valence-corrected chi connectivity index (χ1v) is 50.6. The van der Waals surface area contributed by atoms with Gasteiger partial charge in [-0.15, -0.1) is 0 Å². The zero-order valence-corrected chi connectivity index (χ0v) is 85.3. The summed E-state index contributed by atoms with van der Waals surface area (Å²) >= 11 is 0. The van der Waals surface area contributed by atoms with Crippen LogP contribution in [0.1, 0.15) is 206 Å². The van der Waals surface area contributed by atoms with E-state index in [9.17, 15) is 24.0 Å². The van der Waals surface area contributed by atoms with Crippen molar-refractivity contribution in [3.63, 3.8) is 0 Å². The van der Waals surface area contributed by atoms with E-state index in [4.69, 9.17) is 72.0 Å². The number of ketones is 2. The van der Waals surface area contributed by atoms with Crippen molar-refractivity contribution >= 4 is 41.2 Å². The van der Waals surface area contributed by atoms with Gasteiger partial charge in [0.2, 0.25) is 11.6 Å². The summed E-state index contributed by atoms with van der Waals surface area (Å²) in [6.45, 7) is 15.9. The van der Waals surface area contributed by atoms with E-state index in [1.807, 2.05) is 46.2 Å². The Morgan fingerprint density at radius 2 is 0.702 bits per heavy atom. The number of likely N-dealkylation sites (tertiary alicyclic amines) is 1. The topological polar surface area (TPSA) is 296 Å². The molecule has 5 N–H and O–H groups in total. The van der Waals surface area contributed by atoms with Gasteiger partial charge in [0.25, 0.3) is 0 Å². The number of benzene rings is 8. The van der Waals surface area contributed by atoms with Gasteiger partial charge < -0.3 is 103 Å². The van der Waals surface area contributed by atoms with Gasteiger partial charge in [-0.3, -0.25) is 24.3 Å². The molecule has 0 bridgehead atoms. The van der Waals surface area contributed by atoms with Gasteiger partial charge in [-0.2, -0.15) is 0 Å². The van der Waals surface area contributed by atoms with E-state index in [0.717, 1.165) is 190 Å². The molecule has 4 saturated heterocycles. The number of rotatable bonds is 30. The number of ether oxygens (including phenoxy) is 14. The second kappa shape index (κ2) is 46.4. The lowest BCUT2D eigenvalue weighted by Crippen LogP contribution is -2.47. The number of nitrogen functional groups attached to an aromatic ring is 1. The van der Waals surface area contributed by atoms with Gasteiger partial charge >= 0.3 is 18.2 Å². The van der Waals surface area contributed by atoms with Crippen LogP contribution < -0.4 is 78.5 Å². The van der Waals surface area contributed by atoms with Gasteiger partial charge in [-0.05, 0) is 314 Å². The van der Waals surface area contributed by atoms with E-state index in [0.29, 0.717) is 121 Å². The molecular formula is C112H146N10O19. The number of nitrogens with zero attached hydrogens (tertiary/aromatic N) is 6. The highest BCUT2D eigenvalue weighted by Gasteiger charge is 2.48. The fraction of sp³-hybridized carbons (Fsp3) is 0.527. The molecule has 0 radical (unpaired) electrons. The molecule has 758 valence electrons. The van der Waals surface area contributed by atoms with Crippen LogP contribution in [0, 0.1) is 35.5 Å². The molecule has 0 aromatic heterocycles. The number of hydrogen-bond donors (Lipinski definition) is 4.